The van der Waals surface area contributed by atoms with E-state index in [1.165, 1.54) is 96.3 Å². The SMILES string of the molecule is CCCCCCCCCCCCCCCCCCOCC(C)[O]. The fourth-order valence-electron chi connectivity index (χ4n) is 3.00. The van der Waals surface area contributed by atoms with E-state index >= 15 is 0 Å². The van der Waals surface area contributed by atoms with E-state index in [9.17, 15) is 5.11 Å². The molecule has 0 aliphatic heterocycles. The van der Waals surface area contributed by atoms with Crippen molar-refractivity contribution in [3.05, 3.63) is 0 Å². The van der Waals surface area contributed by atoms with Gasteiger partial charge in [0.1, 0.15) is 6.10 Å². The molecule has 0 rings (SSSR count). The quantitative estimate of drug-likeness (QED) is 0.233. The second kappa shape index (κ2) is 20.0. The molecule has 0 saturated carbocycles. The monoisotopic (exact) mass is 327 g/mol. The fraction of sp³-hybridized carbons (Fsp3) is 1.00. The van der Waals surface area contributed by atoms with Gasteiger partial charge in [-0.1, -0.05) is 103 Å². The first-order valence-corrected chi connectivity index (χ1v) is 10.5. The molecule has 0 bridgehead atoms. The number of ether oxygens (including phenoxy) is 1. The van der Waals surface area contributed by atoms with Gasteiger partial charge in [-0.15, -0.1) is 0 Å². The minimum absolute atomic E-state index is 0.374. The minimum atomic E-state index is -0.573. The Morgan fingerprint density at radius 1 is 0.609 bits per heavy atom. The van der Waals surface area contributed by atoms with Crippen LogP contribution in [0.15, 0.2) is 0 Å². The Morgan fingerprint density at radius 2 is 0.957 bits per heavy atom. The molecular formula is C21H43O2. The van der Waals surface area contributed by atoms with Crippen LogP contribution < -0.4 is 0 Å². The molecule has 139 valence electrons. The Labute approximate surface area is 146 Å². The molecule has 0 spiro atoms. The zero-order chi connectivity index (χ0) is 17.0. The lowest BCUT2D eigenvalue weighted by atomic mass is 10.0. The number of unbranched alkanes of at least 4 members (excludes halogenated alkanes) is 15. The average Bonchev–Trinajstić information content (AvgIpc) is 2.53. The van der Waals surface area contributed by atoms with Crippen molar-refractivity contribution in [2.24, 2.45) is 0 Å². The summed E-state index contributed by atoms with van der Waals surface area (Å²) in [6.45, 7) is 5.09. The summed E-state index contributed by atoms with van der Waals surface area (Å²) >= 11 is 0. The van der Waals surface area contributed by atoms with E-state index in [4.69, 9.17) is 4.74 Å². The van der Waals surface area contributed by atoms with E-state index in [0.29, 0.717) is 6.61 Å². The van der Waals surface area contributed by atoms with Crippen LogP contribution in [0.5, 0.6) is 0 Å². The van der Waals surface area contributed by atoms with Gasteiger partial charge < -0.3 is 4.74 Å². The summed E-state index contributed by atoms with van der Waals surface area (Å²) in [5, 5.41) is 10.8. The lowest BCUT2D eigenvalue weighted by Crippen LogP contribution is -2.09. The Morgan fingerprint density at radius 3 is 1.30 bits per heavy atom. The first-order chi connectivity index (χ1) is 11.3. The van der Waals surface area contributed by atoms with Gasteiger partial charge in [-0.3, -0.25) is 0 Å². The summed E-state index contributed by atoms with van der Waals surface area (Å²) in [6.07, 6.45) is 21.7. The average molecular weight is 328 g/mol. The highest BCUT2D eigenvalue weighted by molar-refractivity contribution is 4.50. The van der Waals surface area contributed by atoms with Gasteiger partial charge in [0.15, 0.2) is 0 Å². The smallest absolute Gasteiger partial charge is 0.113 e. The van der Waals surface area contributed by atoms with E-state index in [-0.39, 0.29) is 0 Å². The summed E-state index contributed by atoms with van der Waals surface area (Å²) < 4.78 is 5.30. The highest BCUT2D eigenvalue weighted by Gasteiger charge is 1.97. The Hall–Kier alpha value is -0.0800. The number of hydrogen-bond donors (Lipinski definition) is 0. The number of hydrogen-bond acceptors (Lipinski definition) is 1. The number of rotatable bonds is 19. The van der Waals surface area contributed by atoms with Gasteiger partial charge in [-0.25, -0.2) is 5.11 Å². The van der Waals surface area contributed by atoms with Crippen molar-refractivity contribution >= 4 is 0 Å². The molecular weight excluding hydrogens is 284 g/mol. The summed E-state index contributed by atoms with van der Waals surface area (Å²) in [5.41, 5.74) is 0. The highest BCUT2D eigenvalue weighted by atomic mass is 16.5. The molecule has 0 N–H and O–H groups in total. The highest BCUT2D eigenvalue weighted by Crippen LogP contribution is 2.13. The molecule has 2 nitrogen and oxygen atoms in total. The van der Waals surface area contributed by atoms with Crippen molar-refractivity contribution in [3.8, 4) is 0 Å². The van der Waals surface area contributed by atoms with Crippen molar-refractivity contribution in [2.75, 3.05) is 13.2 Å². The first-order valence-electron chi connectivity index (χ1n) is 10.5. The third-order valence-corrected chi connectivity index (χ3v) is 4.49. The van der Waals surface area contributed by atoms with E-state index in [0.717, 1.165) is 13.0 Å². The van der Waals surface area contributed by atoms with Gasteiger partial charge in [0.2, 0.25) is 0 Å². The fourth-order valence-corrected chi connectivity index (χ4v) is 3.00. The van der Waals surface area contributed by atoms with Crippen molar-refractivity contribution in [1.29, 1.82) is 0 Å². The largest absolute Gasteiger partial charge is 0.379 e. The molecule has 1 unspecified atom stereocenters. The topological polar surface area (TPSA) is 29.1 Å². The Balaban J connectivity index is 2.95. The van der Waals surface area contributed by atoms with Crippen LogP contribution in [0.1, 0.15) is 117 Å². The molecule has 23 heavy (non-hydrogen) atoms. The molecule has 1 radical (unpaired) electrons. The zero-order valence-corrected chi connectivity index (χ0v) is 16.1. The molecule has 1 atom stereocenters. The van der Waals surface area contributed by atoms with Gasteiger partial charge in [-0.05, 0) is 13.3 Å². The van der Waals surface area contributed by atoms with Crippen LogP contribution in [-0.2, 0) is 9.84 Å². The second-order valence-corrected chi connectivity index (χ2v) is 7.19. The third-order valence-electron chi connectivity index (χ3n) is 4.49. The lowest BCUT2D eigenvalue weighted by Gasteiger charge is -2.05. The van der Waals surface area contributed by atoms with Crippen molar-refractivity contribution in [3.63, 3.8) is 0 Å². The lowest BCUT2D eigenvalue weighted by molar-refractivity contribution is 0.00659. The molecule has 0 heterocycles. The minimum Gasteiger partial charge on any atom is -0.379 e. The van der Waals surface area contributed by atoms with E-state index in [1.807, 2.05) is 0 Å². The van der Waals surface area contributed by atoms with Gasteiger partial charge in [0, 0.05) is 6.61 Å². The summed E-state index contributed by atoms with van der Waals surface area (Å²) in [4.78, 5) is 0. The van der Waals surface area contributed by atoms with Crippen molar-refractivity contribution < 1.29 is 9.84 Å². The maximum absolute atomic E-state index is 10.8. The summed E-state index contributed by atoms with van der Waals surface area (Å²) in [7, 11) is 0. The molecule has 0 aromatic rings. The maximum atomic E-state index is 10.8. The molecule has 0 fully saturated rings. The molecule has 0 aromatic heterocycles. The van der Waals surface area contributed by atoms with Crippen LogP contribution in [0.3, 0.4) is 0 Å². The van der Waals surface area contributed by atoms with Gasteiger partial charge in [0.05, 0.1) is 6.61 Å². The predicted octanol–water partition coefficient (Wildman–Crippen LogP) is 7.08. The molecule has 0 saturated heterocycles. The van der Waals surface area contributed by atoms with Crippen LogP contribution in [0.25, 0.3) is 0 Å². The zero-order valence-electron chi connectivity index (χ0n) is 16.1. The van der Waals surface area contributed by atoms with Crippen LogP contribution >= 0.6 is 0 Å². The Bertz CT molecular complexity index is 204. The van der Waals surface area contributed by atoms with Gasteiger partial charge in [0.25, 0.3) is 0 Å². The molecule has 0 amide bonds. The van der Waals surface area contributed by atoms with E-state index in [2.05, 4.69) is 6.92 Å². The summed E-state index contributed by atoms with van der Waals surface area (Å²) in [6, 6.07) is 0. The summed E-state index contributed by atoms with van der Waals surface area (Å²) in [5.74, 6) is 0. The second-order valence-electron chi connectivity index (χ2n) is 7.19. The van der Waals surface area contributed by atoms with Crippen molar-refractivity contribution in [2.45, 2.75) is 123 Å². The van der Waals surface area contributed by atoms with Gasteiger partial charge >= 0.3 is 0 Å². The van der Waals surface area contributed by atoms with Gasteiger partial charge in [-0.2, -0.15) is 0 Å². The van der Waals surface area contributed by atoms with Crippen LogP contribution in [0.2, 0.25) is 0 Å². The van der Waals surface area contributed by atoms with Crippen LogP contribution in [0.4, 0.5) is 0 Å². The maximum Gasteiger partial charge on any atom is 0.113 e. The third kappa shape index (κ3) is 21.9. The first kappa shape index (κ1) is 22.9. The standard InChI is InChI=1S/C21H43O2/c1-3-4-5-6-7-8-9-10-11-12-13-14-15-16-17-18-19-23-20-21(2)22/h21H,3-20H2,1-2H3. The molecule has 0 aliphatic rings. The normalized spacial score (nSPS) is 12.7. The molecule has 0 aromatic carbocycles. The molecule has 2 heteroatoms. The van der Waals surface area contributed by atoms with E-state index < -0.39 is 6.10 Å². The molecule has 0 aliphatic carbocycles. The van der Waals surface area contributed by atoms with Crippen LogP contribution in [0, 0.1) is 0 Å². The van der Waals surface area contributed by atoms with Crippen molar-refractivity contribution in [1.82, 2.24) is 0 Å². The predicted molar refractivity (Wildman–Crippen MR) is 101 cm³/mol. The van der Waals surface area contributed by atoms with Crippen LogP contribution in [-0.4, -0.2) is 19.3 Å². The van der Waals surface area contributed by atoms with E-state index in [1.54, 1.807) is 6.92 Å². The Kier molecular flexibility index (Phi) is 19.9.